The summed E-state index contributed by atoms with van der Waals surface area (Å²) in [6, 6.07) is -14.9. The van der Waals surface area contributed by atoms with Gasteiger partial charge in [-0.3, -0.25) is 62.9 Å². The van der Waals surface area contributed by atoms with Crippen molar-refractivity contribution in [3.63, 3.8) is 0 Å². The smallest absolute Gasteiger partial charge is 0.327 e. The van der Waals surface area contributed by atoms with Crippen LogP contribution in [0.5, 0.6) is 0 Å². The summed E-state index contributed by atoms with van der Waals surface area (Å²) in [7, 11) is 1.74. The Morgan fingerprint density at radius 3 is 1.27 bits per heavy atom. The molecule has 1 fully saturated rings. The van der Waals surface area contributed by atoms with Gasteiger partial charge in [-0.25, -0.2) is 4.79 Å². The number of carboxylic acids is 2. The van der Waals surface area contributed by atoms with Crippen LogP contribution in [0.15, 0.2) is 15.0 Å². The van der Waals surface area contributed by atoms with Gasteiger partial charge in [0, 0.05) is 31.1 Å². The quantitative estimate of drug-likeness (QED) is 0.0262. The average molecular weight is 1080 g/mol. The monoisotopic (exact) mass is 1080 g/mol. The van der Waals surface area contributed by atoms with Crippen molar-refractivity contribution in [2.45, 2.75) is 113 Å². The maximum atomic E-state index is 13.9. The third-order valence-electron chi connectivity index (χ3n) is 9.87. The Bertz CT molecular complexity index is 2060. The average Bonchev–Trinajstić information content (AvgIpc) is 3.29. The highest BCUT2D eigenvalue weighted by Gasteiger charge is 2.35. The van der Waals surface area contributed by atoms with E-state index in [1.807, 2.05) is 0 Å². The first-order valence-electron chi connectivity index (χ1n) is 22.2. The maximum Gasteiger partial charge on any atom is 0.327 e. The number of nitrogens with one attached hydrogen (secondary N) is 8. The van der Waals surface area contributed by atoms with Gasteiger partial charge in [-0.05, 0) is 45.4 Å². The first-order chi connectivity index (χ1) is 34.2. The summed E-state index contributed by atoms with van der Waals surface area (Å²) in [5.41, 5.74) is 43.8. The molecule has 0 aromatic rings. The van der Waals surface area contributed by atoms with Crippen molar-refractivity contribution >= 4 is 105 Å². The molecule has 0 aromatic carbocycles. The third-order valence-corrected chi connectivity index (χ3v) is 12.3. The van der Waals surface area contributed by atoms with Gasteiger partial charge in [0.05, 0.1) is 25.5 Å². The second-order valence-electron chi connectivity index (χ2n) is 16.0. The number of carbonyl (C=O) groups is 11. The van der Waals surface area contributed by atoms with Gasteiger partial charge >= 0.3 is 11.9 Å². The lowest BCUT2D eigenvalue weighted by Crippen LogP contribution is -2.60. The van der Waals surface area contributed by atoms with Gasteiger partial charge in [-0.15, -0.1) is 0 Å². The minimum Gasteiger partial charge on any atom is -0.481 e. The highest BCUT2D eigenvalue weighted by molar-refractivity contribution is 8.76. The fourth-order valence-corrected chi connectivity index (χ4v) is 8.39. The number of primary amides is 1. The van der Waals surface area contributed by atoms with Crippen LogP contribution >= 0.6 is 21.6 Å². The molecule has 1 heterocycles. The molecule has 33 nitrogen and oxygen atoms in total. The molecule has 35 heteroatoms. The van der Waals surface area contributed by atoms with Gasteiger partial charge < -0.3 is 104 Å². The minimum absolute atomic E-state index is 0.0296. The van der Waals surface area contributed by atoms with Crippen molar-refractivity contribution < 1.29 is 68.1 Å². The Balaban J connectivity index is 3.86. The molecule has 410 valence electrons. The number of carboxylic acid groups (broad SMARTS) is 2. The fraction of sp³-hybridized carbons (Fsp3) is 0.632. The van der Waals surface area contributed by atoms with E-state index in [1.165, 1.54) is 0 Å². The second kappa shape index (κ2) is 33.3. The molecule has 9 atom stereocenters. The number of carbonyl (C=O) groups excluding carboxylic acids is 9. The predicted molar refractivity (Wildman–Crippen MR) is 265 cm³/mol. The van der Waals surface area contributed by atoms with E-state index in [0.29, 0.717) is 0 Å². The molecule has 0 radical (unpaired) electrons. The Morgan fingerprint density at radius 2 is 0.863 bits per heavy atom. The minimum atomic E-state index is -1.96. The molecule has 0 aliphatic carbocycles. The zero-order valence-corrected chi connectivity index (χ0v) is 41.3. The van der Waals surface area contributed by atoms with Crippen LogP contribution in [-0.2, 0) is 52.7 Å². The van der Waals surface area contributed by atoms with Crippen LogP contribution < -0.4 is 88.4 Å². The van der Waals surface area contributed by atoms with E-state index in [1.54, 1.807) is 0 Å². The molecule has 1 rings (SSSR count). The Hall–Kier alpha value is -7.40. The molecule has 27 N–H and O–H groups in total. The SMILES string of the molecule is C[C@@H]1NC(=O)[C@H](CC(=O)O)NC(=O)[C@H](CCCN=C(N)N)NC(=O)[C@H](CC(N)=O)NC(=O)[C@H](CO)NC(=O)[C@@H](N)CSSC[C@@H](C(=O)O)NC(=O)[C@H](CCCN=C(N)N)NC(=O)[C@H](CCCN=C(N)N)NC1=O. The lowest BCUT2D eigenvalue weighted by atomic mass is 10.1. The summed E-state index contributed by atoms with van der Waals surface area (Å²) in [6.45, 7) is -0.118. The van der Waals surface area contributed by atoms with E-state index >= 15 is 0 Å². The fourth-order valence-electron chi connectivity index (χ4n) is 6.11. The van der Waals surface area contributed by atoms with Crippen LogP contribution in [0, 0.1) is 0 Å². The number of nitrogens with zero attached hydrogens (tertiary/aromatic N) is 3. The van der Waals surface area contributed by atoms with Crippen molar-refractivity contribution in [2.75, 3.05) is 37.7 Å². The number of hydrogen-bond donors (Lipinski definition) is 19. The highest BCUT2D eigenvalue weighted by Crippen LogP contribution is 2.23. The lowest BCUT2D eigenvalue weighted by molar-refractivity contribution is -0.142. The highest BCUT2D eigenvalue weighted by atomic mass is 33.1. The van der Waals surface area contributed by atoms with Gasteiger partial charge in [0.2, 0.25) is 53.2 Å². The number of nitrogens with two attached hydrogens (primary N) is 8. The first-order valence-corrected chi connectivity index (χ1v) is 24.7. The molecule has 0 unspecified atom stereocenters. The van der Waals surface area contributed by atoms with Crippen LogP contribution in [0.2, 0.25) is 0 Å². The summed E-state index contributed by atoms with van der Waals surface area (Å²) in [4.78, 5) is 157. The summed E-state index contributed by atoms with van der Waals surface area (Å²) in [6.07, 6.45) is -2.62. The first kappa shape index (κ1) is 63.6. The molecular formula is C38H67N19O14S2. The van der Waals surface area contributed by atoms with Gasteiger partial charge in [-0.2, -0.15) is 0 Å². The second-order valence-corrected chi connectivity index (χ2v) is 18.5. The number of aliphatic carboxylic acids is 2. The molecule has 73 heavy (non-hydrogen) atoms. The Kier molecular flexibility index (Phi) is 29.0. The molecule has 1 saturated heterocycles. The lowest BCUT2D eigenvalue weighted by Gasteiger charge is -2.27. The van der Waals surface area contributed by atoms with E-state index in [0.717, 1.165) is 28.5 Å². The van der Waals surface area contributed by atoms with E-state index in [2.05, 4.69) is 57.5 Å². The van der Waals surface area contributed by atoms with Crippen molar-refractivity contribution in [3.8, 4) is 0 Å². The number of aliphatic imine (C=N–C) groups is 3. The van der Waals surface area contributed by atoms with Crippen LogP contribution in [0.25, 0.3) is 0 Å². The molecule has 1 aliphatic heterocycles. The maximum absolute atomic E-state index is 13.9. The predicted octanol–water partition coefficient (Wildman–Crippen LogP) is -9.81. The number of aliphatic hydroxyl groups excluding tert-OH is 1. The summed E-state index contributed by atoms with van der Waals surface area (Å²) < 4.78 is 0. The zero-order valence-electron chi connectivity index (χ0n) is 39.7. The normalized spacial score (nSPS) is 24.8. The van der Waals surface area contributed by atoms with E-state index in [4.69, 9.17) is 45.9 Å². The molecule has 0 saturated carbocycles. The van der Waals surface area contributed by atoms with Crippen LogP contribution in [0.4, 0.5) is 0 Å². The Morgan fingerprint density at radius 1 is 0.507 bits per heavy atom. The van der Waals surface area contributed by atoms with Gasteiger partial charge in [0.1, 0.15) is 48.3 Å². The van der Waals surface area contributed by atoms with Crippen LogP contribution in [0.3, 0.4) is 0 Å². The largest absolute Gasteiger partial charge is 0.481 e. The number of guanidine groups is 3. The van der Waals surface area contributed by atoms with E-state index < -0.39 is 139 Å². The number of amides is 9. The zero-order chi connectivity index (χ0) is 55.4. The number of hydrogen-bond acceptors (Lipinski definition) is 18. The molecule has 9 amide bonds. The van der Waals surface area contributed by atoms with Gasteiger partial charge in [0.25, 0.3) is 0 Å². The number of aliphatic hydroxyl groups is 1. The van der Waals surface area contributed by atoms with Crippen LogP contribution in [0.1, 0.15) is 58.3 Å². The van der Waals surface area contributed by atoms with Crippen molar-refractivity contribution in [1.82, 2.24) is 42.5 Å². The van der Waals surface area contributed by atoms with Gasteiger partial charge in [-0.1, -0.05) is 21.6 Å². The van der Waals surface area contributed by atoms with Crippen molar-refractivity contribution in [1.29, 1.82) is 0 Å². The van der Waals surface area contributed by atoms with Crippen LogP contribution in [-0.4, -0.2) is 190 Å². The van der Waals surface area contributed by atoms with Crippen molar-refractivity contribution in [2.24, 2.45) is 60.8 Å². The summed E-state index contributed by atoms with van der Waals surface area (Å²) >= 11 is 0. The summed E-state index contributed by atoms with van der Waals surface area (Å²) in [5.74, 6) is -14.7. The number of rotatable bonds is 18. The molecular weight excluding hydrogens is 1010 g/mol. The third kappa shape index (κ3) is 26.0. The topological polar surface area (TPSA) is 590 Å². The molecule has 1 aliphatic rings. The molecule has 0 spiro atoms. The van der Waals surface area contributed by atoms with E-state index in [9.17, 15) is 68.1 Å². The molecule has 0 aromatic heterocycles. The molecule has 0 bridgehead atoms. The summed E-state index contributed by atoms with van der Waals surface area (Å²) in [5, 5.41) is 48.1. The Labute approximate surface area is 425 Å². The van der Waals surface area contributed by atoms with Gasteiger partial charge in [0.15, 0.2) is 17.9 Å². The standard InChI is InChI=1S/C38H67N19O14S2/c1-16-27(62)51-18(5-2-8-47-36(41)42)29(64)52-20(7-4-10-49-38(45)46)31(66)57-24(35(70)71)15-73-72-14-17(39)28(63)56-23(13-58)34(69)54-21(11-25(40)59)33(68)53-19(6-3-9-48-37(43)44)30(65)55-22(12-26(60)61)32(67)50-16/h16-24,58H,2-15,39H2,1H3,(H2,40,59)(H,50,67)(H,51,62)(H,52,64)(H,53,68)(H,54,69)(H,55,65)(H,56,63)(H,57,66)(H,60,61)(H,70,71)(H4,41,42,47)(H4,43,44,48)(H4,45,46,49)/t16-,17-,18-,19-,20-,21-,22-,23-,24-/m0/s1. The van der Waals surface area contributed by atoms with E-state index in [-0.39, 0.29) is 87.5 Å². The van der Waals surface area contributed by atoms with Crippen molar-refractivity contribution in [3.05, 3.63) is 0 Å².